The summed E-state index contributed by atoms with van der Waals surface area (Å²) in [5.41, 5.74) is 6.46. The molecule has 20 heteroatoms. The number of aryl methyl sites for hydroxylation is 2. The van der Waals surface area contributed by atoms with E-state index in [1.54, 1.807) is 126 Å². The van der Waals surface area contributed by atoms with Crippen LogP contribution in [0.15, 0.2) is 219 Å². The number of aliphatic hydroxyl groups is 1. The number of hydrogen-bond donors (Lipinski definition) is 3. The van der Waals surface area contributed by atoms with E-state index in [0.717, 1.165) is 56.0 Å². The van der Waals surface area contributed by atoms with E-state index in [1.165, 1.54) is 24.3 Å². The Morgan fingerprint density at radius 3 is 2.20 bits per heavy atom. The van der Waals surface area contributed by atoms with Crippen LogP contribution in [-0.2, 0) is 30.2 Å². The number of nitrogens with one attached hydrogen (secondary N) is 1. The molecule has 91 heavy (non-hydrogen) atoms. The van der Waals surface area contributed by atoms with Gasteiger partial charge in [0.15, 0.2) is 16.9 Å². The third-order valence-electron chi connectivity index (χ3n) is 15.6. The maximum Gasteiger partial charge on any atom is 0.330 e. The Bertz CT molecular complexity index is 5410. The fourth-order valence-corrected chi connectivity index (χ4v) is 11.6. The predicted octanol–water partition coefficient (Wildman–Crippen LogP) is 11.6. The van der Waals surface area contributed by atoms with Gasteiger partial charge < -0.3 is 39.2 Å². The molecular weight excluding hydrogens is 1200 g/mol. The molecule has 3 aromatic heterocycles. The van der Waals surface area contributed by atoms with Gasteiger partial charge in [-0.25, -0.2) is 14.8 Å². The lowest BCUT2D eigenvalue weighted by molar-refractivity contribution is -0.138. The number of phenols is 1. The van der Waals surface area contributed by atoms with Crippen LogP contribution in [0.4, 0.5) is 17.1 Å². The lowest BCUT2D eigenvalue weighted by Crippen LogP contribution is -2.36. The molecule has 8 aromatic carbocycles. The number of methoxy groups -OCH3 is 1. The van der Waals surface area contributed by atoms with Crippen molar-refractivity contribution in [3.63, 3.8) is 0 Å². The van der Waals surface area contributed by atoms with Gasteiger partial charge in [0.25, 0.3) is 11.1 Å². The molecule has 3 aliphatic heterocycles. The maximum absolute atomic E-state index is 13.1. The number of nitrogens with zero attached hydrogens (tertiary/aromatic N) is 7. The van der Waals surface area contributed by atoms with E-state index in [0.29, 0.717) is 82.4 Å². The summed E-state index contributed by atoms with van der Waals surface area (Å²) in [6.07, 6.45) is 6.94. The van der Waals surface area contributed by atoms with Crippen molar-refractivity contribution in [3.05, 3.63) is 278 Å². The van der Waals surface area contributed by atoms with E-state index in [9.17, 15) is 34.2 Å². The number of ether oxygens (including phenoxy) is 3. The number of aromatic hydroxyl groups is 1. The van der Waals surface area contributed by atoms with Crippen LogP contribution in [0.5, 0.6) is 17.2 Å². The Morgan fingerprint density at radius 2 is 1.43 bits per heavy atom. The van der Waals surface area contributed by atoms with Gasteiger partial charge in [0.05, 0.1) is 68.3 Å². The Kier molecular flexibility index (Phi) is 16.7. The van der Waals surface area contributed by atoms with E-state index in [-0.39, 0.29) is 34.7 Å². The molecule has 3 N–H and O–H groups in total. The smallest absolute Gasteiger partial charge is 0.330 e. The quantitative estimate of drug-likeness (QED) is 0.120. The number of esters is 1. The molecule has 0 saturated carbocycles. The van der Waals surface area contributed by atoms with Crippen LogP contribution in [0.2, 0.25) is 10.0 Å². The number of rotatable bonds is 8. The molecule has 11 aromatic rings. The molecule has 18 nitrogen and oxygen atoms in total. The number of pyridine rings is 1. The lowest BCUT2D eigenvalue weighted by atomic mass is 9.97. The number of carbonyl (C=O) groups is 1. The molecule has 0 radical (unpaired) electrons. The number of aromatic nitrogens is 5. The van der Waals surface area contributed by atoms with Gasteiger partial charge in [-0.15, -0.1) is 0 Å². The molecule has 0 saturated heterocycles. The Morgan fingerprint density at radius 1 is 0.703 bits per heavy atom. The first-order chi connectivity index (χ1) is 44.1. The molecule has 0 fully saturated rings. The van der Waals surface area contributed by atoms with Crippen LogP contribution in [-0.4, -0.2) is 66.6 Å². The molecule has 0 amide bonds. The summed E-state index contributed by atoms with van der Waals surface area (Å²) < 4.78 is 19.5. The molecule has 0 spiro atoms. The first-order valence-electron chi connectivity index (χ1n) is 28.5. The maximum atomic E-state index is 13.1. The van der Waals surface area contributed by atoms with E-state index < -0.39 is 16.8 Å². The van der Waals surface area contributed by atoms with E-state index in [1.807, 2.05) is 97.9 Å². The van der Waals surface area contributed by atoms with E-state index in [2.05, 4.69) is 20.3 Å². The van der Waals surface area contributed by atoms with Crippen molar-refractivity contribution in [3.8, 4) is 34.2 Å². The van der Waals surface area contributed by atoms with Crippen LogP contribution >= 0.6 is 23.2 Å². The molecule has 0 unspecified atom stereocenters. The monoisotopic (exact) mass is 1250 g/mol. The molecule has 4 aliphatic rings. The Labute approximate surface area is 527 Å². The van der Waals surface area contributed by atoms with Gasteiger partial charge in [-0.1, -0.05) is 126 Å². The van der Waals surface area contributed by atoms with Gasteiger partial charge in [0.1, 0.15) is 18.1 Å². The fourth-order valence-electron chi connectivity index (χ4n) is 11.2. The highest BCUT2D eigenvalue weighted by atomic mass is 35.5. The standard InChI is InChI=1S/C23H12ClNO3.C21H18ClN3O3.C14H12N2O2.C13H12N2O2/c24-15-10-11-16-19-17(13-8-4-5-9-14(13)22(27)18(15)19)20(23(28)25-16)21(26)12-6-2-1-3-7-12;1-12-8-9-17(26)15(10-12)25-11-16-18(20(27)24(3)21(28)23(16)2)19(25)13-6-4-5-7-14(13)22;1-18-13(17)8-16-9-15-11-6-2-4-10-5-3-7-12(16)14(10)11;1-2-12-13(17-9-16-12)7-11(1)15-8-10-3-5-14-6-4-10/h1-11,26H;4-11,26H,1-3H3;2-7,9H,8H2,1H3;1-7,15H,8-9H2. The molecule has 1 aliphatic carbocycles. The molecular formula is C71H54Cl2N8O10. The van der Waals surface area contributed by atoms with Crippen molar-refractivity contribution in [2.45, 2.75) is 13.5 Å². The number of fused-ring (bicyclic) bond motifs is 4. The van der Waals surface area contributed by atoms with Crippen LogP contribution < -0.4 is 47.1 Å². The number of anilines is 2. The minimum absolute atomic E-state index is 0.0565. The van der Waals surface area contributed by atoms with Crippen LogP contribution in [0.25, 0.3) is 66.1 Å². The second-order valence-corrected chi connectivity index (χ2v) is 22.1. The zero-order valence-electron chi connectivity index (χ0n) is 49.2. The van der Waals surface area contributed by atoms with Crippen molar-refractivity contribution >= 4 is 102 Å². The average Bonchev–Trinajstić information content (AvgIpc) is 1.54. The molecule has 452 valence electrons. The number of carbonyl (C=O) groups excluding carboxylic acids is 1. The van der Waals surface area contributed by atoms with Gasteiger partial charge in [-0.05, 0) is 95.6 Å². The molecule has 15 rings (SSSR count). The van der Waals surface area contributed by atoms with E-state index in [4.69, 9.17) is 37.4 Å². The molecule has 0 bridgehead atoms. The fraction of sp³-hybridized carbons (Fsp3) is 0.0986. The van der Waals surface area contributed by atoms with Crippen molar-refractivity contribution in [2.24, 2.45) is 19.1 Å². The largest absolute Gasteiger partial charge is 0.506 e. The first kappa shape index (κ1) is 60.0. The van der Waals surface area contributed by atoms with Crippen LogP contribution in [0.3, 0.4) is 0 Å². The summed E-state index contributed by atoms with van der Waals surface area (Å²) in [6, 6.07) is 53.2. The van der Waals surface area contributed by atoms with Crippen molar-refractivity contribution in [1.82, 2.24) is 23.7 Å². The summed E-state index contributed by atoms with van der Waals surface area (Å²) in [5.74, 6) is 1.20. The van der Waals surface area contributed by atoms with Crippen LogP contribution in [0, 0.1) is 17.4 Å². The van der Waals surface area contributed by atoms with E-state index >= 15 is 0 Å². The minimum Gasteiger partial charge on any atom is -0.506 e. The van der Waals surface area contributed by atoms with Gasteiger partial charge >= 0.3 is 11.7 Å². The van der Waals surface area contributed by atoms with Crippen molar-refractivity contribution in [1.29, 1.82) is 0 Å². The summed E-state index contributed by atoms with van der Waals surface area (Å²) in [7, 11) is 4.45. The highest BCUT2D eigenvalue weighted by Crippen LogP contribution is 2.39. The van der Waals surface area contributed by atoms with Crippen molar-refractivity contribution < 1.29 is 29.2 Å². The summed E-state index contributed by atoms with van der Waals surface area (Å²) in [6.45, 7) is 3.16. The molecule has 6 heterocycles. The van der Waals surface area contributed by atoms with Crippen molar-refractivity contribution in [2.75, 3.05) is 30.7 Å². The minimum atomic E-state index is -0.554. The Balaban J connectivity index is 0.000000120. The third kappa shape index (κ3) is 11.6. The second-order valence-electron chi connectivity index (χ2n) is 21.2. The number of halogens is 2. The summed E-state index contributed by atoms with van der Waals surface area (Å²) >= 11 is 12.8. The SMILES string of the molecule is COC(=O)CN1C=Nc2cccc3cccc1c23.Cc1ccc(O)c(-n2cc3c(c2-c2ccccc2Cl)c(=O)n(C)c(=O)n3C)c1.O=c1nc2ccc(Cl)c3c2=c(c1=C(O)c1ccccc1)c1ccccc1c3=O.c1cc(CNc2ccc3c(c2)OCO3)ccn1. The van der Waals surface area contributed by atoms with Gasteiger partial charge in [-0.2, -0.15) is 0 Å². The summed E-state index contributed by atoms with van der Waals surface area (Å²) in [4.78, 5) is 77.2. The molecule has 0 atom stereocenters. The second kappa shape index (κ2) is 25.4. The summed E-state index contributed by atoms with van der Waals surface area (Å²) in [5, 5.41) is 30.5. The highest BCUT2D eigenvalue weighted by Gasteiger charge is 2.24. The predicted molar refractivity (Wildman–Crippen MR) is 356 cm³/mol. The van der Waals surface area contributed by atoms with Crippen LogP contribution in [0.1, 0.15) is 16.7 Å². The zero-order valence-corrected chi connectivity index (χ0v) is 50.7. The number of phenolic OH excluding ortho intramolecular Hbond substituents is 1. The number of benzene rings is 8. The third-order valence-corrected chi connectivity index (χ3v) is 16.3. The topological polar surface area (TPSA) is 222 Å². The first-order valence-corrected chi connectivity index (χ1v) is 29.2. The lowest BCUT2D eigenvalue weighted by Gasteiger charge is -2.24. The average molecular weight is 1250 g/mol. The van der Waals surface area contributed by atoms with Gasteiger partial charge in [0, 0.05) is 88.3 Å². The normalized spacial score (nSPS) is 12.3. The Hall–Kier alpha value is -11.3. The van der Waals surface area contributed by atoms with Gasteiger partial charge in [-0.3, -0.25) is 33.3 Å². The zero-order chi connectivity index (χ0) is 63.6. The number of aliphatic hydroxyl groups excluding tert-OH is 1. The number of hydrogen-bond acceptors (Lipinski definition) is 15. The number of aliphatic imine (C=N–C) groups is 1. The highest BCUT2D eigenvalue weighted by molar-refractivity contribution is 6.34. The van der Waals surface area contributed by atoms with Gasteiger partial charge in [0.2, 0.25) is 6.79 Å².